The predicted octanol–water partition coefficient (Wildman–Crippen LogP) is 3.94. The van der Waals surface area contributed by atoms with E-state index < -0.39 is 11.9 Å². The number of aliphatic carboxylic acids is 1. The van der Waals surface area contributed by atoms with Crippen LogP contribution in [0.3, 0.4) is 0 Å². The standard InChI is InChI=1S/C18H15ClN2O3/c1-9-4-3-5-14(20-9)17(22)16-15(10(2)18(23)24)12-8-11(19)6-7-13(12)21-16/h3-8,10,21H,1-2H3,(H,23,24). The van der Waals surface area contributed by atoms with Gasteiger partial charge in [0, 0.05) is 27.2 Å². The minimum Gasteiger partial charge on any atom is -0.481 e. The average Bonchev–Trinajstić information content (AvgIpc) is 2.91. The predicted molar refractivity (Wildman–Crippen MR) is 91.8 cm³/mol. The monoisotopic (exact) mass is 342 g/mol. The quantitative estimate of drug-likeness (QED) is 0.703. The number of H-pyrrole nitrogens is 1. The molecule has 0 aliphatic carbocycles. The van der Waals surface area contributed by atoms with E-state index in [0.29, 0.717) is 27.2 Å². The Bertz CT molecular complexity index is 962. The fourth-order valence-electron chi connectivity index (χ4n) is 2.73. The first-order valence-corrected chi connectivity index (χ1v) is 7.78. The van der Waals surface area contributed by atoms with Crippen LogP contribution in [0.5, 0.6) is 0 Å². The van der Waals surface area contributed by atoms with Crippen molar-refractivity contribution >= 4 is 34.3 Å². The van der Waals surface area contributed by atoms with Crippen molar-refractivity contribution < 1.29 is 14.7 Å². The fourth-order valence-corrected chi connectivity index (χ4v) is 2.91. The molecule has 0 spiro atoms. The highest BCUT2D eigenvalue weighted by atomic mass is 35.5. The van der Waals surface area contributed by atoms with Crippen LogP contribution >= 0.6 is 11.6 Å². The van der Waals surface area contributed by atoms with Crippen LogP contribution in [0.25, 0.3) is 10.9 Å². The summed E-state index contributed by atoms with van der Waals surface area (Å²) in [6.45, 7) is 3.34. The Hall–Kier alpha value is -2.66. The number of carbonyl (C=O) groups excluding carboxylic acids is 1. The van der Waals surface area contributed by atoms with Crippen LogP contribution in [-0.4, -0.2) is 26.8 Å². The van der Waals surface area contributed by atoms with Gasteiger partial charge in [0.05, 0.1) is 11.6 Å². The van der Waals surface area contributed by atoms with Gasteiger partial charge in [0.15, 0.2) is 0 Å². The van der Waals surface area contributed by atoms with Crippen molar-refractivity contribution in [3.05, 3.63) is 64.1 Å². The normalized spacial score (nSPS) is 12.3. The molecule has 2 heterocycles. The lowest BCUT2D eigenvalue weighted by atomic mass is 9.95. The Balaban J connectivity index is 2.25. The molecule has 0 saturated carbocycles. The van der Waals surface area contributed by atoms with Crippen molar-refractivity contribution in [3.63, 3.8) is 0 Å². The lowest BCUT2D eigenvalue weighted by Crippen LogP contribution is -2.13. The zero-order chi connectivity index (χ0) is 17.4. The van der Waals surface area contributed by atoms with Crippen LogP contribution in [0.4, 0.5) is 0 Å². The van der Waals surface area contributed by atoms with Gasteiger partial charge in [-0.05, 0) is 44.2 Å². The van der Waals surface area contributed by atoms with E-state index in [9.17, 15) is 14.7 Å². The van der Waals surface area contributed by atoms with Gasteiger partial charge in [-0.3, -0.25) is 9.59 Å². The Labute approximate surface area is 143 Å². The molecule has 3 rings (SSSR count). The number of fused-ring (bicyclic) bond motifs is 1. The highest BCUT2D eigenvalue weighted by Crippen LogP contribution is 2.32. The van der Waals surface area contributed by atoms with Crippen LogP contribution < -0.4 is 0 Å². The maximum atomic E-state index is 12.9. The second-order valence-electron chi connectivity index (χ2n) is 5.66. The molecule has 0 radical (unpaired) electrons. The third-order valence-corrected chi connectivity index (χ3v) is 4.19. The molecule has 1 atom stereocenters. The maximum absolute atomic E-state index is 12.9. The van der Waals surface area contributed by atoms with Crippen LogP contribution in [0, 0.1) is 6.92 Å². The number of hydrogen-bond acceptors (Lipinski definition) is 3. The smallest absolute Gasteiger partial charge is 0.310 e. The van der Waals surface area contributed by atoms with Crippen LogP contribution in [-0.2, 0) is 4.79 Å². The zero-order valence-corrected chi connectivity index (χ0v) is 13.9. The van der Waals surface area contributed by atoms with Crippen molar-refractivity contribution in [2.75, 3.05) is 0 Å². The van der Waals surface area contributed by atoms with Crippen LogP contribution in [0.1, 0.15) is 40.3 Å². The molecular weight excluding hydrogens is 328 g/mol. The van der Waals surface area contributed by atoms with Gasteiger partial charge in [-0.1, -0.05) is 17.7 Å². The molecule has 24 heavy (non-hydrogen) atoms. The molecule has 0 fully saturated rings. The zero-order valence-electron chi connectivity index (χ0n) is 13.1. The number of nitrogens with one attached hydrogen (secondary N) is 1. The summed E-state index contributed by atoms with van der Waals surface area (Å²) >= 11 is 6.04. The summed E-state index contributed by atoms with van der Waals surface area (Å²) in [5.41, 5.74) is 2.31. The number of halogens is 1. The Morgan fingerprint density at radius 3 is 2.67 bits per heavy atom. The third-order valence-electron chi connectivity index (χ3n) is 3.95. The average molecular weight is 343 g/mol. The molecular formula is C18H15ClN2O3. The van der Waals surface area contributed by atoms with E-state index in [-0.39, 0.29) is 17.2 Å². The Kier molecular flexibility index (Phi) is 4.11. The molecule has 5 nitrogen and oxygen atoms in total. The lowest BCUT2D eigenvalue weighted by Gasteiger charge is -2.09. The lowest BCUT2D eigenvalue weighted by molar-refractivity contribution is -0.138. The summed E-state index contributed by atoms with van der Waals surface area (Å²) in [7, 11) is 0. The van der Waals surface area contributed by atoms with Gasteiger partial charge in [-0.2, -0.15) is 0 Å². The molecule has 2 N–H and O–H groups in total. The number of aromatic amines is 1. The number of rotatable bonds is 4. The molecule has 0 saturated heterocycles. The molecule has 3 aromatic rings. The second-order valence-corrected chi connectivity index (χ2v) is 6.09. The number of ketones is 1. The number of hydrogen-bond donors (Lipinski definition) is 2. The van der Waals surface area contributed by atoms with Gasteiger partial charge in [0.25, 0.3) is 0 Å². The van der Waals surface area contributed by atoms with E-state index >= 15 is 0 Å². The summed E-state index contributed by atoms with van der Waals surface area (Å²) in [4.78, 5) is 31.7. The molecule has 6 heteroatoms. The summed E-state index contributed by atoms with van der Waals surface area (Å²) < 4.78 is 0. The molecule has 122 valence electrons. The number of carbonyl (C=O) groups is 2. The molecule has 2 aromatic heterocycles. The third kappa shape index (κ3) is 2.78. The first-order valence-electron chi connectivity index (χ1n) is 7.40. The second kappa shape index (κ2) is 6.09. The summed E-state index contributed by atoms with van der Waals surface area (Å²) in [6.07, 6.45) is 0. The van der Waals surface area contributed by atoms with Gasteiger partial charge in [-0.25, -0.2) is 4.98 Å². The van der Waals surface area contributed by atoms with E-state index in [1.54, 1.807) is 50.2 Å². The van der Waals surface area contributed by atoms with E-state index in [2.05, 4.69) is 9.97 Å². The number of carboxylic acid groups (broad SMARTS) is 1. The highest BCUT2D eigenvalue weighted by molar-refractivity contribution is 6.31. The number of pyridine rings is 1. The van der Waals surface area contributed by atoms with Crippen LogP contribution in [0.2, 0.25) is 5.02 Å². The van der Waals surface area contributed by atoms with E-state index in [4.69, 9.17) is 11.6 Å². The number of aromatic nitrogens is 2. The number of benzene rings is 1. The highest BCUT2D eigenvalue weighted by Gasteiger charge is 2.27. The minimum atomic E-state index is -1.01. The van der Waals surface area contributed by atoms with E-state index in [0.717, 1.165) is 0 Å². The largest absolute Gasteiger partial charge is 0.481 e. The topological polar surface area (TPSA) is 83.0 Å². The fraction of sp³-hybridized carbons (Fsp3) is 0.167. The molecule has 0 aliphatic rings. The van der Waals surface area contributed by atoms with E-state index in [1.807, 2.05) is 0 Å². The first-order chi connectivity index (χ1) is 11.4. The van der Waals surface area contributed by atoms with Gasteiger partial charge >= 0.3 is 5.97 Å². The van der Waals surface area contributed by atoms with Gasteiger partial charge < -0.3 is 10.1 Å². The molecule has 0 amide bonds. The molecule has 0 bridgehead atoms. The summed E-state index contributed by atoms with van der Waals surface area (Å²) in [5, 5.41) is 10.5. The van der Waals surface area contributed by atoms with Gasteiger partial charge in [0.1, 0.15) is 5.69 Å². The Morgan fingerprint density at radius 1 is 1.25 bits per heavy atom. The van der Waals surface area contributed by atoms with Crippen molar-refractivity contribution in [2.24, 2.45) is 0 Å². The van der Waals surface area contributed by atoms with Crippen molar-refractivity contribution in [1.29, 1.82) is 0 Å². The molecule has 0 aliphatic heterocycles. The van der Waals surface area contributed by atoms with Gasteiger partial charge in [-0.15, -0.1) is 0 Å². The Morgan fingerprint density at radius 2 is 2.00 bits per heavy atom. The van der Waals surface area contributed by atoms with Crippen molar-refractivity contribution in [3.8, 4) is 0 Å². The number of carboxylic acids is 1. The summed E-state index contributed by atoms with van der Waals surface area (Å²) in [6, 6.07) is 10.2. The maximum Gasteiger partial charge on any atom is 0.310 e. The van der Waals surface area contributed by atoms with Crippen molar-refractivity contribution in [1.82, 2.24) is 9.97 Å². The number of aryl methyl sites for hydroxylation is 1. The van der Waals surface area contributed by atoms with Crippen molar-refractivity contribution in [2.45, 2.75) is 19.8 Å². The van der Waals surface area contributed by atoms with Gasteiger partial charge in [0.2, 0.25) is 5.78 Å². The summed E-state index contributed by atoms with van der Waals surface area (Å²) in [5.74, 6) is -2.21. The number of nitrogens with zero attached hydrogens (tertiary/aromatic N) is 1. The molecule has 1 aromatic carbocycles. The van der Waals surface area contributed by atoms with E-state index in [1.165, 1.54) is 0 Å². The molecule has 1 unspecified atom stereocenters. The van der Waals surface area contributed by atoms with Crippen LogP contribution in [0.15, 0.2) is 36.4 Å². The SMILES string of the molecule is Cc1cccc(C(=O)c2[nH]c3ccc(Cl)cc3c2C(C)C(=O)O)n1. The minimum absolute atomic E-state index is 0.236. The first kappa shape index (κ1) is 16.2.